The minimum absolute atomic E-state index is 0.0552. The maximum atomic E-state index is 13.0. The van der Waals surface area contributed by atoms with Gasteiger partial charge in [0.1, 0.15) is 23.7 Å². The first-order valence-corrected chi connectivity index (χ1v) is 15.0. The normalized spacial score (nSPS) is 11.0. The van der Waals surface area contributed by atoms with Crippen LogP contribution in [0.15, 0.2) is 97.2 Å². The van der Waals surface area contributed by atoms with E-state index in [2.05, 4.69) is 20.6 Å². The Morgan fingerprint density at radius 1 is 0.935 bits per heavy atom. The van der Waals surface area contributed by atoms with Crippen molar-refractivity contribution in [3.8, 4) is 5.75 Å². The van der Waals surface area contributed by atoms with Crippen molar-refractivity contribution in [3.05, 3.63) is 130 Å². The number of carbonyl (C=O) groups excluding carboxylic acids is 3. The molecule has 5 rings (SSSR count). The van der Waals surface area contributed by atoms with Crippen molar-refractivity contribution in [2.75, 3.05) is 23.8 Å². The number of hydrogen-bond donors (Lipinski definition) is 2. The van der Waals surface area contributed by atoms with Gasteiger partial charge in [0.05, 0.1) is 17.3 Å². The van der Waals surface area contributed by atoms with E-state index in [9.17, 15) is 14.4 Å². The summed E-state index contributed by atoms with van der Waals surface area (Å²) in [6.45, 7) is 1.70. The summed E-state index contributed by atoms with van der Waals surface area (Å²) in [4.78, 5) is 47.8. The lowest BCUT2D eigenvalue weighted by atomic mass is 10.1. The Hall–Kier alpha value is -5.25. The van der Waals surface area contributed by atoms with E-state index >= 15 is 0 Å². The van der Waals surface area contributed by atoms with Crippen molar-refractivity contribution >= 4 is 69.4 Å². The molecule has 0 aliphatic carbocycles. The molecule has 0 aliphatic rings. The summed E-state index contributed by atoms with van der Waals surface area (Å²) in [6, 6.07) is 24.8. The molecule has 0 radical (unpaired) electrons. The highest BCUT2D eigenvalue weighted by Gasteiger charge is 2.19. The van der Waals surface area contributed by atoms with E-state index in [4.69, 9.17) is 27.9 Å². The van der Waals surface area contributed by atoms with Crippen LogP contribution in [0.2, 0.25) is 10.0 Å². The van der Waals surface area contributed by atoms with E-state index in [1.807, 2.05) is 37.3 Å². The molecule has 2 N–H and O–H groups in total. The van der Waals surface area contributed by atoms with Crippen LogP contribution in [0.1, 0.15) is 27.2 Å². The van der Waals surface area contributed by atoms with Crippen LogP contribution in [-0.4, -0.2) is 41.3 Å². The van der Waals surface area contributed by atoms with Crippen molar-refractivity contribution in [3.63, 3.8) is 0 Å². The van der Waals surface area contributed by atoms with Crippen molar-refractivity contribution in [2.45, 2.75) is 13.5 Å². The monoisotopic (exact) mass is 653 g/mol. The number of aryl methyl sites for hydroxylation is 1. The molecular weight excluding hydrogens is 625 g/mol. The van der Waals surface area contributed by atoms with Crippen molar-refractivity contribution in [1.82, 2.24) is 15.3 Å². The molecule has 0 saturated heterocycles. The number of benzene rings is 3. The number of likely N-dealkylation sites (N-methyl/N-ethyl adjacent to an activating group) is 1. The fraction of sp³-hybridized carbons (Fsp3) is 0.114. The van der Waals surface area contributed by atoms with Gasteiger partial charge in [-0.2, -0.15) is 0 Å². The van der Waals surface area contributed by atoms with Crippen LogP contribution in [0.5, 0.6) is 5.75 Å². The standard InChI is InChI=1S/C35H29Cl2N5O4/c1-22-9-13-24-6-5-7-29(34(24)40-22)46-21-26-27(36)16-17-28(33(26)37)42(2)32(44)20-39-31(43)18-12-23-10-14-25(15-11-23)35(45)41-30-8-3-4-19-38-30/h3-19H,20-21H2,1-2H3,(H,39,43)(H,38,41,45)/b18-12+. The molecule has 9 nitrogen and oxygen atoms in total. The van der Waals surface area contributed by atoms with Crippen LogP contribution in [0.4, 0.5) is 11.5 Å². The molecule has 0 fully saturated rings. The third-order valence-electron chi connectivity index (χ3n) is 7.02. The van der Waals surface area contributed by atoms with Gasteiger partial charge < -0.3 is 20.3 Å². The zero-order valence-corrected chi connectivity index (χ0v) is 26.5. The van der Waals surface area contributed by atoms with Gasteiger partial charge in [0, 0.05) is 46.6 Å². The second-order valence-electron chi connectivity index (χ2n) is 10.2. The molecule has 232 valence electrons. The Morgan fingerprint density at radius 2 is 1.74 bits per heavy atom. The second kappa shape index (κ2) is 14.7. The quantitative estimate of drug-likeness (QED) is 0.159. The number of rotatable bonds is 10. The van der Waals surface area contributed by atoms with E-state index in [1.54, 1.807) is 73.9 Å². The highest BCUT2D eigenvalue weighted by Crippen LogP contribution is 2.35. The number of carbonyl (C=O) groups is 3. The zero-order chi connectivity index (χ0) is 32.6. The first-order valence-electron chi connectivity index (χ1n) is 14.2. The van der Waals surface area contributed by atoms with E-state index in [-0.39, 0.29) is 24.1 Å². The average Bonchev–Trinajstić information content (AvgIpc) is 3.06. The number of nitrogens with zero attached hydrogens (tertiary/aromatic N) is 3. The fourth-order valence-electron chi connectivity index (χ4n) is 4.48. The lowest BCUT2D eigenvalue weighted by Gasteiger charge is -2.21. The molecule has 0 saturated carbocycles. The van der Waals surface area contributed by atoms with Gasteiger partial charge in [0.25, 0.3) is 5.91 Å². The van der Waals surface area contributed by atoms with Crippen LogP contribution in [-0.2, 0) is 16.2 Å². The predicted molar refractivity (Wildman–Crippen MR) is 181 cm³/mol. The van der Waals surface area contributed by atoms with E-state index < -0.39 is 11.8 Å². The van der Waals surface area contributed by atoms with Crippen LogP contribution in [0.3, 0.4) is 0 Å². The summed E-state index contributed by atoms with van der Waals surface area (Å²) >= 11 is 13.2. The SMILES string of the molecule is Cc1ccc2cccc(OCc3c(Cl)ccc(N(C)C(=O)CNC(=O)/C=C/c4ccc(C(=O)Nc5ccccn5)cc4)c3Cl)c2n1. The number of hydrogen-bond acceptors (Lipinski definition) is 6. The minimum Gasteiger partial charge on any atom is -0.487 e. The summed E-state index contributed by atoms with van der Waals surface area (Å²) in [5, 5.41) is 6.89. The summed E-state index contributed by atoms with van der Waals surface area (Å²) in [6.07, 6.45) is 4.48. The molecule has 0 aliphatic heterocycles. The van der Waals surface area contributed by atoms with Gasteiger partial charge in [-0.1, -0.05) is 59.6 Å². The van der Waals surface area contributed by atoms with Crippen LogP contribution in [0.25, 0.3) is 17.0 Å². The van der Waals surface area contributed by atoms with E-state index in [1.165, 1.54) is 11.0 Å². The van der Waals surface area contributed by atoms with Crippen molar-refractivity contribution < 1.29 is 19.1 Å². The predicted octanol–water partition coefficient (Wildman–Crippen LogP) is 6.87. The van der Waals surface area contributed by atoms with Gasteiger partial charge in [-0.15, -0.1) is 0 Å². The first-order chi connectivity index (χ1) is 22.2. The molecule has 2 heterocycles. The minimum atomic E-state index is -0.464. The second-order valence-corrected chi connectivity index (χ2v) is 11.0. The van der Waals surface area contributed by atoms with E-state index in [0.717, 1.165) is 16.6 Å². The number of halogens is 2. The molecule has 11 heteroatoms. The number of anilines is 2. The van der Waals surface area contributed by atoms with Crippen LogP contribution < -0.4 is 20.3 Å². The number of ether oxygens (including phenoxy) is 1. The Bertz CT molecular complexity index is 1930. The fourth-order valence-corrected chi connectivity index (χ4v) is 5.08. The summed E-state index contributed by atoms with van der Waals surface area (Å²) < 4.78 is 6.08. The number of aromatic nitrogens is 2. The molecule has 0 spiro atoms. The smallest absolute Gasteiger partial charge is 0.256 e. The topological polar surface area (TPSA) is 114 Å². The average molecular weight is 655 g/mol. The highest BCUT2D eigenvalue weighted by molar-refractivity contribution is 6.38. The maximum absolute atomic E-state index is 13.0. The first kappa shape index (κ1) is 32.2. The molecule has 3 amide bonds. The van der Waals surface area contributed by atoms with Gasteiger partial charge in [0.2, 0.25) is 11.8 Å². The van der Waals surface area contributed by atoms with Crippen LogP contribution in [0, 0.1) is 6.92 Å². The van der Waals surface area contributed by atoms with Gasteiger partial charge >= 0.3 is 0 Å². The van der Waals surface area contributed by atoms with Gasteiger partial charge in [0.15, 0.2) is 0 Å². The van der Waals surface area contributed by atoms with Crippen molar-refractivity contribution in [1.29, 1.82) is 0 Å². The number of fused-ring (bicyclic) bond motifs is 1. The summed E-state index contributed by atoms with van der Waals surface area (Å²) in [7, 11) is 1.56. The molecule has 2 aromatic heterocycles. The third kappa shape index (κ3) is 7.87. The third-order valence-corrected chi connectivity index (χ3v) is 7.79. The van der Waals surface area contributed by atoms with Crippen LogP contribution >= 0.6 is 23.2 Å². The van der Waals surface area contributed by atoms with Crippen molar-refractivity contribution in [2.24, 2.45) is 0 Å². The Morgan fingerprint density at radius 3 is 2.50 bits per heavy atom. The number of nitrogens with one attached hydrogen (secondary N) is 2. The molecule has 46 heavy (non-hydrogen) atoms. The molecule has 5 aromatic rings. The Labute approximate surface area is 275 Å². The molecule has 0 unspecified atom stereocenters. The highest BCUT2D eigenvalue weighted by atomic mass is 35.5. The maximum Gasteiger partial charge on any atom is 0.256 e. The van der Waals surface area contributed by atoms with Gasteiger partial charge in [-0.25, -0.2) is 9.97 Å². The van der Waals surface area contributed by atoms with Gasteiger partial charge in [-0.05, 0) is 67.1 Å². The van der Waals surface area contributed by atoms with Gasteiger partial charge in [-0.3, -0.25) is 14.4 Å². The lowest BCUT2D eigenvalue weighted by molar-refractivity contribution is -0.122. The number of amides is 3. The zero-order valence-electron chi connectivity index (χ0n) is 25.0. The summed E-state index contributed by atoms with van der Waals surface area (Å²) in [5.74, 6) is -0.122. The Kier molecular flexibility index (Phi) is 10.3. The molecule has 0 atom stereocenters. The number of pyridine rings is 2. The lowest BCUT2D eigenvalue weighted by Crippen LogP contribution is -2.37. The number of para-hydroxylation sites is 1. The van der Waals surface area contributed by atoms with E-state index in [0.29, 0.717) is 39.0 Å². The Balaban J connectivity index is 1.16. The summed E-state index contributed by atoms with van der Waals surface area (Å²) in [5.41, 5.74) is 3.66. The molecular formula is C35H29Cl2N5O4. The molecule has 0 bridgehead atoms. The molecule has 3 aromatic carbocycles. The largest absolute Gasteiger partial charge is 0.487 e.